The number of nitrogens with zero attached hydrogens (tertiary/aromatic N) is 2. The fourth-order valence-corrected chi connectivity index (χ4v) is 3.88. The average molecular weight is 472 g/mol. The van der Waals surface area contributed by atoms with E-state index in [1.807, 2.05) is 20.8 Å². The summed E-state index contributed by atoms with van der Waals surface area (Å²) in [5, 5.41) is 6.75. The van der Waals surface area contributed by atoms with E-state index < -0.39 is 17.5 Å². The van der Waals surface area contributed by atoms with Gasteiger partial charge in [-0.2, -0.15) is 0 Å². The number of carbonyl (C=O) groups excluding carboxylic acids is 3. The second kappa shape index (κ2) is 10.3. The van der Waals surface area contributed by atoms with Gasteiger partial charge in [-0.05, 0) is 65.8 Å². The summed E-state index contributed by atoms with van der Waals surface area (Å²) in [6.07, 6.45) is 0.497. The van der Waals surface area contributed by atoms with E-state index in [4.69, 9.17) is 14.0 Å². The van der Waals surface area contributed by atoms with Gasteiger partial charge < -0.3 is 24.2 Å². The van der Waals surface area contributed by atoms with E-state index in [0.717, 1.165) is 5.56 Å². The molecule has 1 aliphatic heterocycles. The quantitative estimate of drug-likeness (QED) is 0.635. The molecule has 1 unspecified atom stereocenters. The Morgan fingerprint density at radius 3 is 2.26 bits per heavy atom. The predicted molar refractivity (Wildman–Crippen MR) is 126 cm³/mol. The minimum atomic E-state index is -0.543. The highest BCUT2D eigenvalue weighted by atomic mass is 16.6. The molecule has 2 heterocycles. The number of ether oxygens (including phenoxy) is 2. The van der Waals surface area contributed by atoms with Gasteiger partial charge in [0.25, 0.3) is 0 Å². The Balaban J connectivity index is 1.50. The minimum absolute atomic E-state index is 0.193. The Bertz CT molecular complexity index is 1010. The van der Waals surface area contributed by atoms with Crippen LogP contribution in [0.2, 0.25) is 0 Å². The average Bonchev–Trinajstić information content (AvgIpc) is 3.10. The molecular weight excluding hydrogens is 438 g/mol. The number of benzene rings is 1. The van der Waals surface area contributed by atoms with E-state index in [9.17, 15) is 14.4 Å². The first-order valence-electron chi connectivity index (χ1n) is 11.5. The largest absolute Gasteiger partial charge is 0.459 e. The van der Waals surface area contributed by atoms with Crippen LogP contribution in [0.15, 0.2) is 28.8 Å². The molecule has 2 aromatic rings. The maximum atomic E-state index is 12.6. The number of amides is 2. The minimum Gasteiger partial charge on any atom is -0.459 e. The van der Waals surface area contributed by atoms with Crippen molar-refractivity contribution in [3.8, 4) is 0 Å². The summed E-state index contributed by atoms with van der Waals surface area (Å²) in [6.45, 7) is 11.8. The number of likely N-dealkylation sites (tertiary alicyclic amines) is 1. The number of hydrogen-bond acceptors (Lipinski definition) is 7. The second-order valence-electron chi connectivity index (χ2n) is 9.60. The molecule has 2 amide bonds. The highest BCUT2D eigenvalue weighted by Crippen LogP contribution is 2.25. The Morgan fingerprint density at radius 1 is 1.12 bits per heavy atom. The first-order valence-corrected chi connectivity index (χ1v) is 11.5. The number of rotatable bonds is 5. The summed E-state index contributed by atoms with van der Waals surface area (Å²) in [6, 6.07) is 6.57. The van der Waals surface area contributed by atoms with Crippen LogP contribution >= 0.6 is 0 Å². The summed E-state index contributed by atoms with van der Waals surface area (Å²) in [7, 11) is 0. The van der Waals surface area contributed by atoms with E-state index in [0.29, 0.717) is 48.6 Å². The van der Waals surface area contributed by atoms with Gasteiger partial charge in [-0.25, -0.2) is 9.59 Å². The van der Waals surface area contributed by atoms with Crippen LogP contribution in [0.1, 0.15) is 73.8 Å². The Hall–Kier alpha value is -3.36. The molecule has 34 heavy (non-hydrogen) atoms. The van der Waals surface area contributed by atoms with Crippen molar-refractivity contribution in [1.29, 1.82) is 0 Å². The van der Waals surface area contributed by atoms with Crippen molar-refractivity contribution in [1.82, 2.24) is 10.1 Å². The summed E-state index contributed by atoms with van der Waals surface area (Å²) in [5.74, 6) is -0.434. The van der Waals surface area contributed by atoms with Crippen LogP contribution in [0.3, 0.4) is 0 Å². The van der Waals surface area contributed by atoms with Crippen molar-refractivity contribution < 1.29 is 28.4 Å². The molecular formula is C25H33N3O6. The molecule has 0 saturated carbocycles. The van der Waals surface area contributed by atoms with Crippen molar-refractivity contribution in [2.45, 2.75) is 72.0 Å². The summed E-state index contributed by atoms with van der Waals surface area (Å²) in [5.41, 5.74) is 1.89. The lowest BCUT2D eigenvalue weighted by Crippen LogP contribution is -2.43. The molecule has 1 aromatic carbocycles. The van der Waals surface area contributed by atoms with E-state index in [-0.39, 0.29) is 18.1 Å². The normalized spacial score (nSPS) is 15.5. The van der Waals surface area contributed by atoms with Crippen LogP contribution in [0.25, 0.3) is 0 Å². The molecule has 184 valence electrons. The lowest BCUT2D eigenvalue weighted by molar-refractivity contribution is -0.117. The van der Waals surface area contributed by atoms with E-state index in [1.165, 1.54) is 0 Å². The van der Waals surface area contributed by atoms with E-state index in [1.54, 1.807) is 49.9 Å². The number of hydrogen-bond donors (Lipinski definition) is 1. The molecule has 9 heteroatoms. The zero-order valence-corrected chi connectivity index (χ0v) is 20.6. The van der Waals surface area contributed by atoms with Gasteiger partial charge in [0.05, 0.1) is 17.2 Å². The third kappa shape index (κ3) is 6.36. The van der Waals surface area contributed by atoms with Gasteiger partial charge in [0.1, 0.15) is 17.5 Å². The van der Waals surface area contributed by atoms with Gasteiger partial charge in [0.2, 0.25) is 5.91 Å². The predicted octanol–water partition coefficient (Wildman–Crippen LogP) is 4.59. The van der Waals surface area contributed by atoms with Gasteiger partial charge in [0, 0.05) is 37.2 Å². The number of aromatic nitrogens is 1. The van der Waals surface area contributed by atoms with Crippen molar-refractivity contribution in [3.05, 3.63) is 46.8 Å². The molecule has 0 spiro atoms. The number of aryl methyl sites for hydroxylation is 2. The molecule has 9 nitrogen and oxygen atoms in total. The fraction of sp³-hybridized carbons (Fsp3) is 0.520. The second-order valence-corrected chi connectivity index (χ2v) is 9.60. The number of esters is 1. The van der Waals surface area contributed by atoms with Crippen LogP contribution in [-0.4, -0.2) is 52.8 Å². The van der Waals surface area contributed by atoms with Crippen LogP contribution in [0.5, 0.6) is 0 Å². The number of carbonyl (C=O) groups is 3. The Labute approximate surface area is 199 Å². The molecule has 3 rings (SSSR count). The first kappa shape index (κ1) is 25.3. The Morgan fingerprint density at radius 2 is 1.74 bits per heavy atom. The summed E-state index contributed by atoms with van der Waals surface area (Å²) < 4.78 is 16.2. The van der Waals surface area contributed by atoms with Crippen LogP contribution in [-0.2, 0) is 14.3 Å². The van der Waals surface area contributed by atoms with Crippen molar-refractivity contribution in [2.24, 2.45) is 0 Å². The maximum absolute atomic E-state index is 12.6. The van der Waals surface area contributed by atoms with Gasteiger partial charge in [0.15, 0.2) is 0 Å². The van der Waals surface area contributed by atoms with Gasteiger partial charge >= 0.3 is 12.1 Å². The van der Waals surface area contributed by atoms with Gasteiger partial charge in [-0.15, -0.1) is 0 Å². The van der Waals surface area contributed by atoms with Crippen molar-refractivity contribution >= 4 is 23.7 Å². The van der Waals surface area contributed by atoms with Crippen LogP contribution in [0.4, 0.5) is 10.5 Å². The van der Waals surface area contributed by atoms with E-state index in [2.05, 4.69) is 10.5 Å². The highest BCUT2D eigenvalue weighted by Gasteiger charge is 2.29. The molecule has 0 aliphatic carbocycles. The van der Waals surface area contributed by atoms with Crippen LogP contribution < -0.4 is 5.32 Å². The number of piperidine rings is 1. The Kier molecular flexibility index (Phi) is 7.64. The molecule has 0 bridgehead atoms. The third-order valence-electron chi connectivity index (χ3n) is 5.67. The van der Waals surface area contributed by atoms with Gasteiger partial charge in [-0.1, -0.05) is 5.16 Å². The maximum Gasteiger partial charge on any atom is 0.410 e. The third-order valence-corrected chi connectivity index (χ3v) is 5.67. The number of nitrogens with one attached hydrogen (secondary N) is 1. The van der Waals surface area contributed by atoms with Crippen molar-refractivity contribution in [2.75, 3.05) is 18.4 Å². The number of anilines is 1. The first-order chi connectivity index (χ1) is 15.9. The smallest absolute Gasteiger partial charge is 0.410 e. The lowest BCUT2D eigenvalue weighted by atomic mass is 9.98. The lowest BCUT2D eigenvalue weighted by Gasteiger charge is -2.33. The summed E-state index contributed by atoms with van der Waals surface area (Å²) in [4.78, 5) is 39.0. The summed E-state index contributed by atoms with van der Waals surface area (Å²) >= 11 is 0. The fourth-order valence-electron chi connectivity index (χ4n) is 3.88. The van der Waals surface area contributed by atoms with E-state index >= 15 is 0 Å². The molecule has 1 aliphatic rings. The SMILES string of the molecule is Cc1noc(C)c1C(C)C(=O)Nc1ccc(C(=O)OC2CCN(C(=O)OC(C)(C)C)CC2)cc1. The molecule has 1 N–H and O–H groups in total. The zero-order valence-electron chi connectivity index (χ0n) is 20.6. The molecule has 1 saturated heterocycles. The molecule has 1 atom stereocenters. The zero-order chi connectivity index (χ0) is 25.0. The molecule has 1 fully saturated rings. The van der Waals surface area contributed by atoms with Crippen LogP contribution in [0, 0.1) is 13.8 Å². The highest BCUT2D eigenvalue weighted by molar-refractivity contribution is 5.96. The van der Waals surface area contributed by atoms with Crippen molar-refractivity contribution in [3.63, 3.8) is 0 Å². The van der Waals surface area contributed by atoms with Gasteiger partial charge in [-0.3, -0.25) is 4.79 Å². The molecule has 0 radical (unpaired) electrons. The monoisotopic (exact) mass is 471 g/mol. The topological polar surface area (TPSA) is 111 Å². The standard InChI is InChI=1S/C25H33N3O6/c1-15(21-16(2)27-34-17(21)3)22(29)26-19-9-7-18(8-10-19)23(30)32-20-11-13-28(14-12-20)24(31)33-25(4,5)6/h7-10,15,20H,11-14H2,1-6H3,(H,26,29). The molecule has 1 aromatic heterocycles.